The molecule has 0 aliphatic heterocycles. The lowest BCUT2D eigenvalue weighted by Gasteiger charge is -2.06. The maximum atomic E-state index is 11.0. The number of nitrogens with zero attached hydrogens (tertiary/aromatic N) is 2. The molecular weight excluding hydrogens is 178 g/mol. The van der Waals surface area contributed by atoms with Gasteiger partial charge in [-0.2, -0.15) is 0 Å². The lowest BCUT2D eigenvalue weighted by molar-refractivity contribution is 0.563. The molecule has 5 heteroatoms. The Labute approximate surface area is 75.0 Å². The van der Waals surface area contributed by atoms with Crippen LogP contribution in [0.25, 0.3) is 0 Å². The second-order valence-electron chi connectivity index (χ2n) is 2.68. The second kappa shape index (κ2) is 3.69. The fourth-order valence-electron chi connectivity index (χ4n) is 0.870. The van der Waals surface area contributed by atoms with Gasteiger partial charge in [-0.1, -0.05) is 11.6 Å². The molecule has 0 saturated heterocycles. The number of hydrogen-bond donors (Lipinski definition) is 1. The van der Waals surface area contributed by atoms with E-state index in [1.807, 2.05) is 6.92 Å². The largest absolute Gasteiger partial charge is 0.347 e. The second-order valence-corrected chi connectivity index (χ2v) is 3.12. The first-order valence-corrected chi connectivity index (χ1v) is 3.95. The van der Waals surface area contributed by atoms with Crippen molar-refractivity contribution in [1.29, 1.82) is 0 Å². The third-order valence-corrected chi connectivity index (χ3v) is 1.50. The van der Waals surface area contributed by atoms with Crippen LogP contribution in [0, 0.1) is 0 Å². The Morgan fingerprint density at radius 2 is 2.50 bits per heavy atom. The Hall–Kier alpha value is -0.870. The molecule has 1 heterocycles. The van der Waals surface area contributed by atoms with Crippen LogP contribution in [0.3, 0.4) is 0 Å². The standard InChI is InChI=1S/C7H10ClN3O/c1-5(9)3-11-4-6(8)2-10-7(11)12/h2,4-5H,3,9H2,1H3. The summed E-state index contributed by atoms with van der Waals surface area (Å²) in [5.41, 5.74) is 5.19. The molecule has 0 fully saturated rings. The Balaban J connectivity index is 2.98. The molecule has 0 aromatic carbocycles. The van der Waals surface area contributed by atoms with E-state index in [0.717, 1.165) is 0 Å². The van der Waals surface area contributed by atoms with E-state index in [1.165, 1.54) is 17.0 Å². The summed E-state index contributed by atoms with van der Waals surface area (Å²) in [5, 5.41) is 0.440. The summed E-state index contributed by atoms with van der Waals surface area (Å²) in [5.74, 6) is 0. The molecule has 1 aromatic rings. The zero-order chi connectivity index (χ0) is 9.14. The van der Waals surface area contributed by atoms with Crippen molar-refractivity contribution >= 4 is 11.6 Å². The normalized spacial score (nSPS) is 12.9. The Bertz CT molecular complexity index is 321. The molecule has 0 spiro atoms. The van der Waals surface area contributed by atoms with Crippen LogP contribution < -0.4 is 11.4 Å². The van der Waals surface area contributed by atoms with Crippen LogP contribution in [0.5, 0.6) is 0 Å². The Morgan fingerprint density at radius 3 is 3.08 bits per heavy atom. The summed E-state index contributed by atoms with van der Waals surface area (Å²) in [6, 6.07) is -0.0806. The van der Waals surface area contributed by atoms with E-state index in [-0.39, 0.29) is 11.7 Å². The Morgan fingerprint density at radius 1 is 1.83 bits per heavy atom. The highest BCUT2D eigenvalue weighted by Crippen LogP contribution is 2.01. The third-order valence-electron chi connectivity index (χ3n) is 1.31. The average Bonchev–Trinajstić information content (AvgIpc) is 1.96. The summed E-state index contributed by atoms with van der Waals surface area (Å²) >= 11 is 5.64. The van der Waals surface area contributed by atoms with Gasteiger partial charge in [0.05, 0.1) is 11.2 Å². The fraction of sp³-hybridized carbons (Fsp3) is 0.429. The zero-order valence-corrected chi connectivity index (χ0v) is 7.45. The van der Waals surface area contributed by atoms with Crippen LogP contribution in [0.15, 0.2) is 17.2 Å². The molecule has 1 atom stereocenters. The highest BCUT2D eigenvalue weighted by Gasteiger charge is 2.00. The molecule has 66 valence electrons. The minimum absolute atomic E-state index is 0.0806. The van der Waals surface area contributed by atoms with Crippen molar-refractivity contribution in [1.82, 2.24) is 9.55 Å². The molecule has 0 amide bonds. The lowest BCUT2D eigenvalue weighted by atomic mass is 10.3. The van der Waals surface area contributed by atoms with Gasteiger partial charge in [0, 0.05) is 18.8 Å². The van der Waals surface area contributed by atoms with Crippen LogP contribution in [0.1, 0.15) is 6.92 Å². The van der Waals surface area contributed by atoms with Crippen molar-refractivity contribution in [3.05, 3.63) is 27.9 Å². The molecule has 1 aromatic heterocycles. The predicted molar refractivity (Wildman–Crippen MR) is 47.2 cm³/mol. The fourth-order valence-corrected chi connectivity index (χ4v) is 1.04. The van der Waals surface area contributed by atoms with E-state index in [2.05, 4.69) is 4.98 Å². The molecule has 2 N–H and O–H groups in total. The van der Waals surface area contributed by atoms with Crippen molar-refractivity contribution in [2.45, 2.75) is 19.5 Å². The number of hydrogen-bond acceptors (Lipinski definition) is 3. The number of aromatic nitrogens is 2. The van der Waals surface area contributed by atoms with Gasteiger partial charge in [-0.15, -0.1) is 0 Å². The molecule has 1 rings (SSSR count). The Kier molecular flexibility index (Phi) is 2.83. The van der Waals surface area contributed by atoms with E-state index in [4.69, 9.17) is 17.3 Å². The highest BCUT2D eigenvalue weighted by molar-refractivity contribution is 6.30. The number of halogens is 1. The predicted octanol–water partition coefficient (Wildman–Crippen LogP) is 0.244. The minimum atomic E-state index is -0.322. The summed E-state index contributed by atoms with van der Waals surface area (Å²) < 4.78 is 1.40. The van der Waals surface area contributed by atoms with Gasteiger partial charge >= 0.3 is 5.69 Å². The maximum Gasteiger partial charge on any atom is 0.347 e. The van der Waals surface area contributed by atoms with E-state index in [0.29, 0.717) is 11.6 Å². The van der Waals surface area contributed by atoms with E-state index in [9.17, 15) is 4.79 Å². The van der Waals surface area contributed by atoms with Crippen molar-refractivity contribution < 1.29 is 0 Å². The molecule has 12 heavy (non-hydrogen) atoms. The van der Waals surface area contributed by atoms with Crippen molar-refractivity contribution in [3.8, 4) is 0 Å². The first-order chi connectivity index (χ1) is 5.59. The van der Waals surface area contributed by atoms with Gasteiger partial charge in [0.15, 0.2) is 0 Å². The average molecular weight is 188 g/mol. The summed E-state index contributed by atoms with van der Waals surface area (Å²) in [6.07, 6.45) is 2.85. The smallest absolute Gasteiger partial charge is 0.326 e. The molecule has 1 unspecified atom stereocenters. The van der Waals surface area contributed by atoms with Gasteiger partial charge in [-0.05, 0) is 6.92 Å². The van der Waals surface area contributed by atoms with Gasteiger partial charge in [-0.25, -0.2) is 9.78 Å². The van der Waals surface area contributed by atoms with Gasteiger partial charge < -0.3 is 5.73 Å². The molecule has 0 saturated carbocycles. The molecule has 0 aliphatic carbocycles. The summed E-state index contributed by atoms with van der Waals surface area (Å²) in [7, 11) is 0. The van der Waals surface area contributed by atoms with E-state index in [1.54, 1.807) is 0 Å². The molecule has 0 radical (unpaired) electrons. The van der Waals surface area contributed by atoms with Crippen LogP contribution in [-0.4, -0.2) is 15.6 Å². The van der Waals surface area contributed by atoms with Gasteiger partial charge in [0.1, 0.15) is 0 Å². The number of nitrogens with two attached hydrogens (primary N) is 1. The first kappa shape index (κ1) is 9.22. The van der Waals surface area contributed by atoms with Crippen LogP contribution in [0.4, 0.5) is 0 Å². The maximum absolute atomic E-state index is 11.0. The van der Waals surface area contributed by atoms with Gasteiger partial charge in [0.2, 0.25) is 0 Å². The monoisotopic (exact) mass is 187 g/mol. The van der Waals surface area contributed by atoms with Crippen molar-refractivity contribution in [2.75, 3.05) is 0 Å². The van der Waals surface area contributed by atoms with E-state index < -0.39 is 0 Å². The zero-order valence-electron chi connectivity index (χ0n) is 6.70. The summed E-state index contributed by atoms with van der Waals surface area (Å²) in [6.45, 7) is 2.25. The number of rotatable bonds is 2. The summed E-state index contributed by atoms with van der Waals surface area (Å²) in [4.78, 5) is 14.6. The first-order valence-electron chi connectivity index (χ1n) is 3.57. The van der Waals surface area contributed by atoms with Crippen molar-refractivity contribution in [3.63, 3.8) is 0 Å². The van der Waals surface area contributed by atoms with Gasteiger partial charge in [-0.3, -0.25) is 4.57 Å². The molecule has 0 aliphatic rings. The quantitative estimate of drug-likeness (QED) is 0.722. The van der Waals surface area contributed by atoms with Crippen LogP contribution in [-0.2, 0) is 6.54 Å². The third kappa shape index (κ3) is 2.32. The molecule has 0 bridgehead atoms. The van der Waals surface area contributed by atoms with Gasteiger partial charge in [0.25, 0.3) is 0 Å². The van der Waals surface area contributed by atoms with Crippen LogP contribution >= 0.6 is 11.6 Å². The minimum Gasteiger partial charge on any atom is -0.326 e. The molecular formula is C7H10ClN3O. The van der Waals surface area contributed by atoms with Crippen molar-refractivity contribution in [2.24, 2.45) is 5.73 Å². The SMILES string of the molecule is CC(N)Cn1cc(Cl)cnc1=O. The molecule has 4 nitrogen and oxygen atoms in total. The topological polar surface area (TPSA) is 60.9 Å². The van der Waals surface area contributed by atoms with E-state index >= 15 is 0 Å². The van der Waals surface area contributed by atoms with Crippen LogP contribution in [0.2, 0.25) is 5.02 Å². The highest BCUT2D eigenvalue weighted by atomic mass is 35.5. The lowest BCUT2D eigenvalue weighted by Crippen LogP contribution is -2.30.